The fourth-order valence-corrected chi connectivity index (χ4v) is 1.47. The molecule has 0 fully saturated rings. The molecule has 0 bridgehead atoms. The fraction of sp³-hybridized carbons (Fsp3) is 0.429. The summed E-state index contributed by atoms with van der Waals surface area (Å²) in [5.41, 5.74) is 0.161. The lowest BCUT2D eigenvalue weighted by Gasteiger charge is -2.20. The van der Waals surface area contributed by atoms with E-state index >= 15 is 0 Å². The maximum atomic E-state index is 11.6. The third-order valence-electron chi connectivity index (χ3n) is 2.25. The molecule has 0 saturated carbocycles. The summed E-state index contributed by atoms with van der Waals surface area (Å²) in [6.07, 6.45) is -0.578. The van der Waals surface area contributed by atoms with Crippen LogP contribution in [0.25, 0.3) is 0 Å². The van der Waals surface area contributed by atoms with E-state index in [4.69, 9.17) is 9.47 Å². The Hall–Kier alpha value is -2.24. The predicted molar refractivity (Wildman–Crippen MR) is 74.2 cm³/mol. The van der Waals surface area contributed by atoms with Crippen LogP contribution in [0.2, 0.25) is 0 Å². The lowest BCUT2D eigenvalue weighted by Crippen LogP contribution is -2.27. The molecule has 1 aromatic rings. The van der Waals surface area contributed by atoms with Crippen LogP contribution in [-0.2, 0) is 9.47 Å². The standard InChI is InChI=1S/C14H19NO5/c1-14(2,3)20-13(17)15-9-6-7-10(12(16)19-5)11(8-9)18-4/h6-8H,1-5H3,(H,15,17). The molecular formula is C14H19NO5. The fourth-order valence-electron chi connectivity index (χ4n) is 1.47. The van der Waals surface area contributed by atoms with Gasteiger partial charge in [0.1, 0.15) is 16.9 Å². The molecule has 6 heteroatoms. The number of hydrogen-bond acceptors (Lipinski definition) is 5. The van der Waals surface area contributed by atoms with Gasteiger partial charge in [-0.3, -0.25) is 5.32 Å². The van der Waals surface area contributed by atoms with Gasteiger partial charge in [-0.05, 0) is 32.9 Å². The van der Waals surface area contributed by atoms with Crippen LogP contribution in [-0.4, -0.2) is 31.9 Å². The van der Waals surface area contributed by atoms with Gasteiger partial charge < -0.3 is 14.2 Å². The average molecular weight is 281 g/mol. The zero-order valence-electron chi connectivity index (χ0n) is 12.3. The van der Waals surface area contributed by atoms with Gasteiger partial charge in [0.05, 0.1) is 14.2 Å². The molecule has 6 nitrogen and oxygen atoms in total. The van der Waals surface area contributed by atoms with Crippen molar-refractivity contribution < 1.29 is 23.8 Å². The van der Waals surface area contributed by atoms with Gasteiger partial charge >= 0.3 is 12.1 Å². The minimum absolute atomic E-state index is 0.282. The summed E-state index contributed by atoms with van der Waals surface area (Å²) in [7, 11) is 2.72. The molecule has 1 aromatic carbocycles. The van der Waals surface area contributed by atoms with Crippen molar-refractivity contribution in [3.63, 3.8) is 0 Å². The van der Waals surface area contributed by atoms with Crippen LogP contribution in [0, 0.1) is 0 Å². The maximum absolute atomic E-state index is 11.6. The zero-order valence-corrected chi connectivity index (χ0v) is 12.3. The number of hydrogen-bond donors (Lipinski definition) is 1. The Morgan fingerprint density at radius 2 is 1.80 bits per heavy atom. The highest BCUT2D eigenvalue weighted by Gasteiger charge is 2.18. The quantitative estimate of drug-likeness (QED) is 0.862. The lowest BCUT2D eigenvalue weighted by molar-refractivity contribution is 0.0595. The van der Waals surface area contributed by atoms with E-state index in [0.717, 1.165) is 0 Å². The van der Waals surface area contributed by atoms with Crippen molar-refractivity contribution in [2.24, 2.45) is 0 Å². The molecule has 0 heterocycles. The second kappa shape index (κ2) is 6.27. The first-order valence-electron chi connectivity index (χ1n) is 6.03. The summed E-state index contributed by atoms with van der Waals surface area (Å²) in [5.74, 6) is -0.198. The van der Waals surface area contributed by atoms with Gasteiger partial charge in [-0.25, -0.2) is 9.59 Å². The van der Waals surface area contributed by atoms with Crippen molar-refractivity contribution >= 4 is 17.7 Å². The number of methoxy groups -OCH3 is 2. The Morgan fingerprint density at radius 1 is 1.15 bits per heavy atom. The van der Waals surface area contributed by atoms with E-state index in [1.807, 2.05) is 0 Å². The number of ether oxygens (including phenoxy) is 3. The van der Waals surface area contributed by atoms with E-state index < -0.39 is 17.7 Å². The van der Waals surface area contributed by atoms with Crippen LogP contribution >= 0.6 is 0 Å². The van der Waals surface area contributed by atoms with E-state index in [2.05, 4.69) is 10.1 Å². The Labute approximate surface area is 118 Å². The monoisotopic (exact) mass is 281 g/mol. The number of carbonyl (C=O) groups excluding carboxylic acids is 2. The van der Waals surface area contributed by atoms with Gasteiger partial charge in [-0.15, -0.1) is 0 Å². The lowest BCUT2D eigenvalue weighted by atomic mass is 10.2. The molecule has 0 aliphatic rings. The number of nitrogens with one attached hydrogen (secondary N) is 1. The van der Waals surface area contributed by atoms with Crippen molar-refractivity contribution in [3.05, 3.63) is 23.8 Å². The van der Waals surface area contributed by atoms with Crippen molar-refractivity contribution in [2.75, 3.05) is 19.5 Å². The predicted octanol–water partition coefficient (Wildman–Crippen LogP) is 2.83. The smallest absolute Gasteiger partial charge is 0.412 e. The van der Waals surface area contributed by atoms with Crippen molar-refractivity contribution in [1.29, 1.82) is 0 Å². The average Bonchev–Trinajstić information content (AvgIpc) is 2.35. The normalized spacial score (nSPS) is 10.7. The molecule has 1 rings (SSSR count). The van der Waals surface area contributed by atoms with E-state index in [9.17, 15) is 9.59 Å². The highest BCUT2D eigenvalue weighted by atomic mass is 16.6. The van der Waals surface area contributed by atoms with Crippen molar-refractivity contribution in [2.45, 2.75) is 26.4 Å². The summed E-state index contributed by atoms with van der Waals surface area (Å²) >= 11 is 0. The SMILES string of the molecule is COC(=O)c1ccc(NC(=O)OC(C)(C)C)cc1OC. The highest BCUT2D eigenvalue weighted by molar-refractivity contribution is 5.94. The molecular weight excluding hydrogens is 262 g/mol. The number of esters is 1. The molecule has 0 spiro atoms. The van der Waals surface area contributed by atoms with E-state index in [1.165, 1.54) is 26.4 Å². The number of rotatable bonds is 3. The minimum Gasteiger partial charge on any atom is -0.496 e. The van der Waals surface area contributed by atoms with Crippen LogP contribution in [0.1, 0.15) is 31.1 Å². The second-order valence-electron chi connectivity index (χ2n) is 5.03. The van der Waals surface area contributed by atoms with Crippen LogP contribution in [0.4, 0.5) is 10.5 Å². The van der Waals surface area contributed by atoms with Crippen LogP contribution in [0.5, 0.6) is 5.75 Å². The van der Waals surface area contributed by atoms with Gasteiger partial charge in [0.15, 0.2) is 0 Å². The first kappa shape index (κ1) is 15.8. The van der Waals surface area contributed by atoms with Crippen LogP contribution in [0.15, 0.2) is 18.2 Å². The molecule has 0 atom stereocenters. The van der Waals surface area contributed by atoms with E-state index in [0.29, 0.717) is 11.4 Å². The van der Waals surface area contributed by atoms with Gasteiger partial charge in [-0.1, -0.05) is 0 Å². The van der Waals surface area contributed by atoms with Crippen molar-refractivity contribution in [3.8, 4) is 5.75 Å². The summed E-state index contributed by atoms with van der Waals surface area (Å²) < 4.78 is 14.9. The number of anilines is 1. The number of carbonyl (C=O) groups is 2. The van der Waals surface area contributed by atoms with Gasteiger partial charge in [-0.2, -0.15) is 0 Å². The molecule has 0 radical (unpaired) electrons. The number of amides is 1. The molecule has 110 valence electrons. The molecule has 1 amide bonds. The van der Waals surface area contributed by atoms with E-state index in [-0.39, 0.29) is 5.56 Å². The summed E-state index contributed by atoms with van der Waals surface area (Å²) in [6.45, 7) is 5.31. The number of benzene rings is 1. The minimum atomic E-state index is -0.583. The molecule has 20 heavy (non-hydrogen) atoms. The Morgan fingerprint density at radius 3 is 2.30 bits per heavy atom. The topological polar surface area (TPSA) is 73.9 Å². The van der Waals surface area contributed by atoms with Crippen LogP contribution < -0.4 is 10.1 Å². The Balaban J connectivity index is 2.88. The van der Waals surface area contributed by atoms with Gasteiger partial charge in [0, 0.05) is 11.8 Å². The Bertz CT molecular complexity index is 505. The molecule has 0 aromatic heterocycles. The highest BCUT2D eigenvalue weighted by Crippen LogP contribution is 2.24. The molecule has 0 aliphatic carbocycles. The molecule has 1 N–H and O–H groups in total. The van der Waals surface area contributed by atoms with Gasteiger partial charge in [0.25, 0.3) is 0 Å². The van der Waals surface area contributed by atoms with Crippen molar-refractivity contribution in [1.82, 2.24) is 0 Å². The summed E-state index contributed by atoms with van der Waals surface area (Å²) in [5, 5.41) is 2.56. The maximum Gasteiger partial charge on any atom is 0.412 e. The molecule has 0 aliphatic heterocycles. The van der Waals surface area contributed by atoms with Crippen LogP contribution in [0.3, 0.4) is 0 Å². The third kappa shape index (κ3) is 4.46. The van der Waals surface area contributed by atoms with Gasteiger partial charge in [0.2, 0.25) is 0 Å². The van der Waals surface area contributed by atoms with E-state index in [1.54, 1.807) is 26.8 Å². The third-order valence-corrected chi connectivity index (χ3v) is 2.25. The Kier molecular flexibility index (Phi) is 4.96. The largest absolute Gasteiger partial charge is 0.496 e. The summed E-state index contributed by atoms with van der Waals surface area (Å²) in [6, 6.07) is 4.60. The first-order chi connectivity index (χ1) is 9.26. The zero-order chi connectivity index (χ0) is 15.3. The molecule has 0 saturated heterocycles. The molecule has 0 unspecified atom stereocenters. The first-order valence-corrected chi connectivity index (χ1v) is 6.03. The second-order valence-corrected chi connectivity index (χ2v) is 5.03. The summed E-state index contributed by atoms with van der Waals surface area (Å²) in [4.78, 5) is 23.1.